The standard InChI is InChI=1S/C15H24N4O2S/c1-10-11(2)22-15(16-10)18-14(20)17-12-3-6-19(7-4-12)13-5-8-21-9-13/h12-13H,3-9H2,1-2H3,(H2,16,17,18,20)/t13-/m0/s1. The molecule has 2 amide bonds. The number of hydrogen-bond acceptors (Lipinski definition) is 5. The van der Waals surface area contributed by atoms with Crippen LogP contribution in [0.15, 0.2) is 0 Å². The first kappa shape index (κ1) is 15.7. The lowest BCUT2D eigenvalue weighted by molar-refractivity contribution is 0.118. The molecule has 7 heteroatoms. The molecule has 6 nitrogen and oxygen atoms in total. The zero-order chi connectivity index (χ0) is 15.5. The van der Waals surface area contributed by atoms with E-state index in [0.29, 0.717) is 11.2 Å². The number of aryl methyl sites for hydroxylation is 2. The summed E-state index contributed by atoms with van der Waals surface area (Å²) in [5.41, 5.74) is 0.979. The van der Waals surface area contributed by atoms with Crippen LogP contribution < -0.4 is 10.6 Å². The van der Waals surface area contributed by atoms with E-state index in [4.69, 9.17) is 4.74 Å². The van der Waals surface area contributed by atoms with Crippen LogP contribution in [-0.4, -0.2) is 54.3 Å². The molecule has 1 aromatic rings. The van der Waals surface area contributed by atoms with Gasteiger partial charge in [0.2, 0.25) is 0 Å². The first-order valence-electron chi connectivity index (χ1n) is 7.95. The minimum atomic E-state index is -0.142. The van der Waals surface area contributed by atoms with Crippen LogP contribution in [0.5, 0.6) is 0 Å². The minimum absolute atomic E-state index is 0.142. The number of ether oxygens (including phenoxy) is 1. The maximum atomic E-state index is 12.0. The summed E-state index contributed by atoms with van der Waals surface area (Å²) in [6, 6.07) is 0.688. The minimum Gasteiger partial charge on any atom is -0.380 e. The molecule has 2 N–H and O–H groups in total. The van der Waals surface area contributed by atoms with Gasteiger partial charge in [0.25, 0.3) is 0 Å². The normalized spacial score (nSPS) is 23.6. The van der Waals surface area contributed by atoms with Crippen molar-refractivity contribution in [2.45, 2.75) is 45.2 Å². The Morgan fingerprint density at radius 1 is 1.32 bits per heavy atom. The fourth-order valence-corrected chi connectivity index (χ4v) is 3.87. The van der Waals surface area contributed by atoms with Gasteiger partial charge in [-0.25, -0.2) is 9.78 Å². The number of piperidine rings is 1. The van der Waals surface area contributed by atoms with Crippen LogP contribution in [0, 0.1) is 13.8 Å². The highest BCUT2D eigenvalue weighted by Gasteiger charge is 2.28. The van der Waals surface area contributed by atoms with Crippen molar-refractivity contribution in [2.75, 3.05) is 31.6 Å². The van der Waals surface area contributed by atoms with E-state index in [-0.39, 0.29) is 12.1 Å². The Bertz CT molecular complexity index is 500. The fourth-order valence-electron chi connectivity index (χ4n) is 3.06. The Labute approximate surface area is 135 Å². The van der Waals surface area contributed by atoms with Crippen molar-refractivity contribution in [3.05, 3.63) is 10.6 Å². The summed E-state index contributed by atoms with van der Waals surface area (Å²) >= 11 is 1.52. The fraction of sp³-hybridized carbons (Fsp3) is 0.733. The number of likely N-dealkylation sites (tertiary alicyclic amines) is 1. The number of nitrogens with zero attached hydrogens (tertiary/aromatic N) is 2. The van der Waals surface area contributed by atoms with Crippen LogP contribution in [-0.2, 0) is 4.74 Å². The number of carbonyl (C=O) groups excluding carboxylic acids is 1. The Kier molecular flexibility index (Phi) is 4.95. The summed E-state index contributed by atoms with van der Waals surface area (Å²) in [7, 11) is 0. The molecule has 2 fully saturated rings. The monoisotopic (exact) mass is 324 g/mol. The van der Waals surface area contributed by atoms with Crippen molar-refractivity contribution in [3.8, 4) is 0 Å². The second-order valence-electron chi connectivity index (χ2n) is 6.09. The number of urea groups is 1. The molecule has 0 unspecified atom stereocenters. The van der Waals surface area contributed by atoms with Gasteiger partial charge in [-0.3, -0.25) is 10.2 Å². The summed E-state index contributed by atoms with van der Waals surface area (Å²) in [6.45, 7) is 7.79. The highest BCUT2D eigenvalue weighted by atomic mass is 32.1. The Morgan fingerprint density at radius 2 is 2.09 bits per heavy atom. The van der Waals surface area contributed by atoms with Crippen molar-refractivity contribution in [3.63, 3.8) is 0 Å². The van der Waals surface area contributed by atoms with E-state index in [0.717, 1.165) is 56.1 Å². The van der Waals surface area contributed by atoms with E-state index in [9.17, 15) is 4.79 Å². The van der Waals surface area contributed by atoms with Crippen LogP contribution in [0.4, 0.5) is 9.93 Å². The summed E-state index contributed by atoms with van der Waals surface area (Å²) in [4.78, 5) is 20.0. The predicted octanol–water partition coefficient (Wildman–Crippen LogP) is 2.13. The SMILES string of the molecule is Cc1nc(NC(=O)NC2CCN([C@H]3CCOC3)CC2)sc1C. The number of amides is 2. The molecule has 0 aliphatic carbocycles. The van der Waals surface area contributed by atoms with Gasteiger partial charge in [-0.15, -0.1) is 11.3 Å². The van der Waals surface area contributed by atoms with E-state index < -0.39 is 0 Å². The van der Waals surface area contributed by atoms with Crippen molar-refractivity contribution in [1.82, 2.24) is 15.2 Å². The van der Waals surface area contributed by atoms with Crippen LogP contribution in [0.25, 0.3) is 0 Å². The lowest BCUT2D eigenvalue weighted by atomic mass is 10.0. The molecular formula is C15H24N4O2S. The number of thiazole rings is 1. The van der Waals surface area contributed by atoms with Crippen LogP contribution in [0.2, 0.25) is 0 Å². The zero-order valence-corrected chi connectivity index (χ0v) is 14.0. The molecule has 2 aliphatic rings. The topological polar surface area (TPSA) is 66.5 Å². The van der Waals surface area contributed by atoms with Crippen LogP contribution >= 0.6 is 11.3 Å². The number of hydrogen-bond donors (Lipinski definition) is 2. The molecule has 2 saturated heterocycles. The first-order valence-corrected chi connectivity index (χ1v) is 8.77. The predicted molar refractivity (Wildman–Crippen MR) is 87.6 cm³/mol. The van der Waals surface area contributed by atoms with Gasteiger partial charge in [0.15, 0.2) is 5.13 Å². The molecule has 0 bridgehead atoms. The maximum Gasteiger partial charge on any atom is 0.321 e. The first-order chi connectivity index (χ1) is 10.6. The number of rotatable bonds is 3. The molecule has 1 aromatic heterocycles. The number of anilines is 1. The van der Waals surface area contributed by atoms with Crippen LogP contribution in [0.3, 0.4) is 0 Å². The molecule has 3 heterocycles. The summed E-state index contributed by atoms with van der Waals surface area (Å²) in [5, 5.41) is 6.58. The maximum absolute atomic E-state index is 12.0. The number of aromatic nitrogens is 1. The molecule has 122 valence electrons. The van der Waals surface area contributed by atoms with Gasteiger partial charge in [0.05, 0.1) is 12.3 Å². The van der Waals surface area contributed by atoms with Gasteiger partial charge in [0.1, 0.15) is 0 Å². The van der Waals surface area contributed by atoms with E-state index in [1.165, 1.54) is 11.3 Å². The Morgan fingerprint density at radius 3 is 2.68 bits per heavy atom. The second-order valence-corrected chi connectivity index (χ2v) is 7.29. The second kappa shape index (κ2) is 6.93. The van der Waals surface area contributed by atoms with E-state index in [1.54, 1.807) is 0 Å². The molecule has 1 atom stereocenters. The van der Waals surface area contributed by atoms with Gasteiger partial charge in [0, 0.05) is 36.7 Å². The van der Waals surface area contributed by atoms with Crippen molar-refractivity contribution in [2.24, 2.45) is 0 Å². The molecule has 22 heavy (non-hydrogen) atoms. The lowest BCUT2D eigenvalue weighted by Gasteiger charge is -2.35. The molecule has 3 rings (SSSR count). The quantitative estimate of drug-likeness (QED) is 0.894. The van der Waals surface area contributed by atoms with E-state index in [1.807, 2.05) is 13.8 Å². The van der Waals surface area contributed by atoms with Crippen molar-refractivity contribution >= 4 is 22.5 Å². The average Bonchev–Trinajstić information content (AvgIpc) is 3.11. The third kappa shape index (κ3) is 3.77. The van der Waals surface area contributed by atoms with Gasteiger partial charge < -0.3 is 10.1 Å². The largest absolute Gasteiger partial charge is 0.380 e. The molecule has 0 aromatic carbocycles. The third-order valence-electron chi connectivity index (χ3n) is 4.54. The Hall–Kier alpha value is -1.18. The molecule has 2 aliphatic heterocycles. The number of carbonyl (C=O) groups is 1. The number of nitrogens with one attached hydrogen (secondary N) is 2. The van der Waals surface area contributed by atoms with Gasteiger partial charge in [-0.2, -0.15) is 0 Å². The average molecular weight is 324 g/mol. The van der Waals surface area contributed by atoms with Gasteiger partial charge in [-0.05, 0) is 33.1 Å². The highest BCUT2D eigenvalue weighted by Crippen LogP contribution is 2.21. The summed E-state index contributed by atoms with van der Waals surface area (Å²) in [6.07, 6.45) is 3.14. The molecular weight excluding hydrogens is 300 g/mol. The van der Waals surface area contributed by atoms with Gasteiger partial charge in [-0.1, -0.05) is 0 Å². The zero-order valence-electron chi connectivity index (χ0n) is 13.2. The highest BCUT2D eigenvalue weighted by molar-refractivity contribution is 7.15. The van der Waals surface area contributed by atoms with Gasteiger partial charge >= 0.3 is 6.03 Å². The van der Waals surface area contributed by atoms with Crippen LogP contribution in [0.1, 0.15) is 29.8 Å². The van der Waals surface area contributed by atoms with E-state index >= 15 is 0 Å². The lowest BCUT2D eigenvalue weighted by Crippen LogP contribution is -2.49. The van der Waals surface area contributed by atoms with Crippen molar-refractivity contribution < 1.29 is 9.53 Å². The molecule has 0 saturated carbocycles. The summed E-state index contributed by atoms with van der Waals surface area (Å²) in [5.74, 6) is 0. The Balaban J connectivity index is 1.43. The smallest absolute Gasteiger partial charge is 0.321 e. The van der Waals surface area contributed by atoms with E-state index in [2.05, 4.69) is 20.5 Å². The molecule has 0 spiro atoms. The van der Waals surface area contributed by atoms with Crippen molar-refractivity contribution in [1.29, 1.82) is 0 Å². The molecule has 0 radical (unpaired) electrons. The summed E-state index contributed by atoms with van der Waals surface area (Å²) < 4.78 is 5.45. The third-order valence-corrected chi connectivity index (χ3v) is 5.52.